The maximum Gasteiger partial charge on any atom is 0.345 e. The highest BCUT2D eigenvalue weighted by Gasteiger charge is 2.20. The first kappa shape index (κ1) is 20.6. The number of hydrogen-bond acceptors (Lipinski definition) is 5. The number of carbonyl (C=O) groups is 1. The second kappa shape index (κ2) is 7.89. The third kappa shape index (κ3) is 4.72. The Morgan fingerprint density at radius 1 is 1.16 bits per heavy atom. The lowest BCUT2D eigenvalue weighted by molar-refractivity contribution is 0.0731. The molecule has 0 amide bonds. The van der Waals surface area contributed by atoms with Gasteiger partial charge in [0.05, 0.1) is 10.5 Å². The van der Waals surface area contributed by atoms with Crippen LogP contribution in [0.1, 0.15) is 41.3 Å². The van der Waals surface area contributed by atoms with Crippen molar-refractivity contribution < 1.29 is 22.5 Å². The number of carbonyl (C=O) groups excluding carboxylic acids is 1. The Kier molecular flexibility index (Phi) is 6.50. The number of rotatable bonds is 4. The molecule has 0 atom stereocenters. The number of aryl methyl sites for hydroxylation is 1. The maximum atomic E-state index is 12.6. The van der Waals surface area contributed by atoms with Gasteiger partial charge in [0.2, 0.25) is 0 Å². The highest BCUT2D eigenvalue weighted by atomic mass is 127. The summed E-state index contributed by atoms with van der Waals surface area (Å²) in [5.74, 6) is -0.490. The Morgan fingerprint density at radius 3 is 2.20 bits per heavy atom. The van der Waals surface area contributed by atoms with Crippen molar-refractivity contribution in [1.29, 1.82) is 0 Å². The Hall–Kier alpha value is -0.720. The van der Waals surface area contributed by atoms with E-state index in [-0.39, 0.29) is 16.6 Å². The van der Waals surface area contributed by atoms with E-state index in [0.717, 1.165) is 7.14 Å². The quantitative estimate of drug-likeness (QED) is 0.229. The second-order valence-electron chi connectivity index (χ2n) is 5.75. The predicted molar refractivity (Wildman–Crippen MR) is 110 cm³/mol. The maximum absolute atomic E-state index is 12.6. The second-order valence-corrected chi connectivity index (χ2v) is 9.42. The molecule has 0 heterocycles. The van der Waals surface area contributed by atoms with Gasteiger partial charge in [0.15, 0.2) is 0 Å². The van der Waals surface area contributed by atoms with Gasteiger partial charge >= 0.3 is 5.97 Å². The minimum Gasteiger partial charge on any atom is -0.744 e. The molecule has 0 N–H and O–H groups in total. The lowest BCUT2D eigenvalue weighted by Crippen LogP contribution is -2.14. The first-order chi connectivity index (χ1) is 11.5. The molecule has 0 fully saturated rings. The summed E-state index contributed by atoms with van der Waals surface area (Å²) in [5, 5.41) is 0. The zero-order valence-corrected chi connectivity index (χ0v) is 18.8. The van der Waals surface area contributed by atoms with Gasteiger partial charge in [-0.15, -0.1) is 0 Å². The molecule has 0 aliphatic rings. The molecule has 0 unspecified atom stereocenters. The van der Waals surface area contributed by atoms with Gasteiger partial charge in [-0.2, -0.15) is 0 Å². The Morgan fingerprint density at radius 2 is 1.72 bits per heavy atom. The zero-order valence-electron chi connectivity index (χ0n) is 13.7. The molecule has 8 heteroatoms. The molecule has 5 nitrogen and oxygen atoms in total. The number of halogens is 2. The highest BCUT2D eigenvalue weighted by molar-refractivity contribution is 14.1. The van der Waals surface area contributed by atoms with Crippen molar-refractivity contribution in [3.05, 3.63) is 54.2 Å². The molecular formula is C17H15I2O5S-. The summed E-state index contributed by atoms with van der Waals surface area (Å²) in [7, 11) is -4.60. The fraction of sp³-hybridized carbons (Fsp3) is 0.235. The molecule has 0 aliphatic heterocycles. The van der Waals surface area contributed by atoms with Crippen molar-refractivity contribution in [3.63, 3.8) is 0 Å². The monoisotopic (exact) mass is 585 g/mol. The summed E-state index contributed by atoms with van der Waals surface area (Å²) in [5.41, 5.74) is 1.20. The van der Waals surface area contributed by atoms with Gasteiger partial charge in [0, 0.05) is 7.14 Å². The standard InChI is InChI=1S/C17H16I2O5S/c1-9(2)11-8-14(10(3)7-15(11)25(21,22)23)24-17(20)16-12(18)5-4-6-13(16)19/h4-9H,1-3H3,(H,21,22,23)/p-1. The SMILES string of the molecule is Cc1cc(S(=O)(=O)[O-])c(C(C)C)cc1OC(=O)c1c(I)cccc1I. The fourth-order valence-corrected chi connectivity index (χ4v) is 5.16. The van der Waals surface area contributed by atoms with Gasteiger partial charge in [-0.3, -0.25) is 0 Å². The van der Waals surface area contributed by atoms with Crippen molar-refractivity contribution in [2.75, 3.05) is 0 Å². The van der Waals surface area contributed by atoms with Crippen LogP contribution in [0.4, 0.5) is 0 Å². The summed E-state index contributed by atoms with van der Waals surface area (Å²) >= 11 is 4.12. The van der Waals surface area contributed by atoms with E-state index >= 15 is 0 Å². The number of hydrogen-bond donors (Lipinski definition) is 0. The molecule has 0 saturated heterocycles. The lowest BCUT2D eigenvalue weighted by atomic mass is 10.0. The normalized spacial score (nSPS) is 11.6. The fourth-order valence-electron chi connectivity index (χ4n) is 2.30. The van der Waals surface area contributed by atoms with Gasteiger partial charge in [-0.05, 0) is 93.4 Å². The third-order valence-corrected chi connectivity index (χ3v) is 6.26. The van der Waals surface area contributed by atoms with Crippen LogP contribution in [0.15, 0.2) is 35.2 Å². The smallest absolute Gasteiger partial charge is 0.345 e. The van der Waals surface area contributed by atoms with Crippen LogP contribution in [0, 0.1) is 14.1 Å². The minimum absolute atomic E-state index is 0.214. The van der Waals surface area contributed by atoms with Gasteiger partial charge < -0.3 is 9.29 Å². The molecule has 2 rings (SSSR count). The molecule has 2 aromatic rings. The van der Waals surface area contributed by atoms with E-state index in [4.69, 9.17) is 4.74 Å². The van der Waals surface area contributed by atoms with E-state index in [2.05, 4.69) is 45.2 Å². The van der Waals surface area contributed by atoms with Crippen LogP contribution < -0.4 is 4.74 Å². The molecule has 0 radical (unpaired) electrons. The highest BCUT2D eigenvalue weighted by Crippen LogP contribution is 2.32. The minimum atomic E-state index is -4.60. The molecule has 0 aliphatic carbocycles. The van der Waals surface area contributed by atoms with E-state index in [0.29, 0.717) is 16.7 Å². The van der Waals surface area contributed by atoms with Crippen molar-refractivity contribution in [1.82, 2.24) is 0 Å². The van der Waals surface area contributed by atoms with E-state index in [1.54, 1.807) is 32.9 Å². The average molecular weight is 585 g/mol. The van der Waals surface area contributed by atoms with Gasteiger partial charge in [0.1, 0.15) is 15.9 Å². The van der Waals surface area contributed by atoms with Crippen LogP contribution in [0.3, 0.4) is 0 Å². The summed E-state index contributed by atoms with van der Waals surface area (Å²) in [4.78, 5) is 12.3. The summed E-state index contributed by atoms with van der Waals surface area (Å²) in [6.45, 7) is 5.14. The topological polar surface area (TPSA) is 83.5 Å². The van der Waals surface area contributed by atoms with Gasteiger partial charge in [0.25, 0.3) is 0 Å². The Labute approximate surface area is 174 Å². The Bertz CT molecular complexity index is 916. The van der Waals surface area contributed by atoms with Gasteiger partial charge in [-0.1, -0.05) is 19.9 Å². The largest absolute Gasteiger partial charge is 0.744 e. The summed E-state index contributed by atoms with van der Waals surface area (Å²) < 4.78 is 41.5. The molecule has 25 heavy (non-hydrogen) atoms. The summed E-state index contributed by atoms with van der Waals surface area (Å²) in [6, 6.07) is 8.18. The molecular weight excluding hydrogens is 570 g/mol. The van der Waals surface area contributed by atoms with E-state index in [9.17, 15) is 17.8 Å². The van der Waals surface area contributed by atoms with Crippen molar-refractivity contribution in [3.8, 4) is 5.75 Å². The van der Waals surface area contributed by atoms with Crippen LogP contribution in [-0.4, -0.2) is 18.9 Å². The van der Waals surface area contributed by atoms with Gasteiger partial charge in [-0.25, -0.2) is 13.2 Å². The number of esters is 1. The number of benzene rings is 2. The predicted octanol–water partition coefficient (Wildman–Crippen LogP) is 4.45. The van der Waals surface area contributed by atoms with Crippen LogP contribution in [0.2, 0.25) is 0 Å². The number of ether oxygens (including phenoxy) is 1. The van der Waals surface area contributed by atoms with E-state index in [1.165, 1.54) is 12.1 Å². The molecule has 0 spiro atoms. The van der Waals surface area contributed by atoms with Crippen LogP contribution in [0.25, 0.3) is 0 Å². The van der Waals surface area contributed by atoms with Crippen molar-refractivity contribution in [2.45, 2.75) is 31.6 Å². The molecule has 2 aromatic carbocycles. The van der Waals surface area contributed by atoms with Crippen molar-refractivity contribution in [2.24, 2.45) is 0 Å². The van der Waals surface area contributed by atoms with Crippen molar-refractivity contribution >= 4 is 61.3 Å². The summed E-state index contributed by atoms with van der Waals surface area (Å²) in [6.07, 6.45) is 0. The van der Waals surface area contributed by atoms with Crippen LogP contribution in [-0.2, 0) is 10.1 Å². The molecule has 0 saturated carbocycles. The average Bonchev–Trinajstić information content (AvgIpc) is 2.47. The first-order valence-corrected chi connectivity index (χ1v) is 10.9. The van der Waals surface area contributed by atoms with Crippen LogP contribution >= 0.6 is 45.2 Å². The van der Waals surface area contributed by atoms with Crippen LogP contribution in [0.5, 0.6) is 5.75 Å². The molecule has 134 valence electrons. The molecule has 0 bridgehead atoms. The zero-order chi connectivity index (χ0) is 18.9. The lowest BCUT2D eigenvalue weighted by Gasteiger charge is -2.19. The third-order valence-electron chi connectivity index (χ3n) is 3.57. The Balaban J connectivity index is 2.51. The first-order valence-electron chi connectivity index (χ1n) is 7.29. The molecule has 0 aromatic heterocycles. The van der Waals surface area contributed by atoms with E-state index < -0.39 is 16.1 Å². The van der Waals surface area contributed by atoms with E-state index in [1.807, 2.05) is 6.07 Å².